The normalized spacial score (nSPS) is 11.0. The summed E-state index contributed by atoms with van der Waals surface area (Å²) in [5.74, 6) is 0. The molecule has 0 N–H and O–H groups in total. The highest BCUT2D eigenvalue weighted by molar-refractivity contribution is 14.1. The molecular weight excluding hydrogens is 576 g/mol. The molecule has 0 radical (unpaired) electrons. The summed E-state index contributed by atoms with van der Waals surface area (Å²) < 4.78 is 5.70. The molecule has 1 aromatic heterocycles. The van der Waals surface area contributed by atoms with Crippen LogP contribution in [-0.2, 0) is 13.0 Å². The van der Waals surface area contributed by atoms with Crippen LogP contribution in [0.5, 0.6) is 0 Å². The van der Waals surface area contributed by atoms with Crippen molar-refractivity contribution < 1.29 is 0 Å². The summed E-state index contributed by atoms with van der Waals surface area (Å²) in [5, 5.41) is 0. The summed E-state index contributed by atoms with van der Waals surface area (Å²) in [6.07, 6.45) is 7.79. The van der Waals surface area contributed by atoms with Gasteiger partial charge in [-0.15, -0.1) is 0 Å². The number of hydrogen-bond donors (Lipinski definition) is 0. The largest absolute Gasteiger partial charge is 0.353 e. The Morgan fingerprint density at radius 1 is 0.852 bits per heavy atom. The van der Waals surface area contributed by atoms with Gasteiger partial charge in [0.2, 0.25) is 0 Å². The number of nitrogens with zero attached hydrogens (tertiary/aromatic N) is 1. The fourth-order valence-electron chi connectivity index (χ4n) is 3.32. The highest BCUT2D eigenvalue weighted by Crippen LogP contribution is 2.31. The van der Waals surface area contributed by atoms with Crippen molar-refractivity contribution in [3.8, 4) is 22.3 Å². The number of aromatic nitrogens is 1. The summed E-state index contributed by atoms with van der Waals surface area (Å²) in [6.45, 7) is 5.43. The van der Waals surface area contributed by atoms with E-state index in [2.05, 4.69) is 118 Å². The highest BCUT2D eigenvalue weighted by Gasteiger charge is 2.11. The van der Waals surface area contributed by atoms with Crippen LogP contribution in [0.2, 0.25) is 0 Å². The Morgan fingerprint density at radius 3 is 2.15 bits per heavy atom. The molecule has 27 heavy (non-hydrogen) atoms. The van der Waals surface area contributed by atoms with Gasteiger partial charge < -0.3 is 4.57 Å². The molecule has 0 fully saturated rings. The van der Waals surface area contributed by atoms with Crippen molar-refractivity contribution in [1.29, 1.82) is 0 Å². The molecule has 0 unspecified atom stereocenters. The van der Waals surface area contributed by atoms with E-state index in [-0.39, 0.29) is 0 Å². The van der Waals surface area contributed by atoms with E-state index < -0.39 is 0 Å². The maximum absolute atomic E-state index is 5.98. The summed E-state index contributed by atoms with van der Waals surface area (Å²) in [5.41, 5.74) is 6.10. The predicted octanol–water partition coefficient (Wildman–Crippen LogP) is 8.12. The van der Waals surface area contributed by atoms with Crippen LogP contribution in [0.25, 0.3) is 22.3 Å². The summed E-state index contributed by atoms with van der Waals surface area (Å²) in [4.78, 5) is 0. The molecule has 1 nitrogen and oxygen atoms in total. The Labute approximate surface area is 194 Å². The lowest BCUT2D eigenvalue weighted by Crippen LogP contribution is -2.01. The van der Waals surface area contributed by atoms with Crippen molar-refractivity contribution in [2.75, 3.05) is 0 Å². The van der Waals surface area contributed by atoms with Gasteiger partial charge in [0, 0.05) is 37.2 Å². The van der Waals surface area contributed by atoms with Gasteiger partial charge in [-0.2, -0.15) is 0 Å². The van der Waals surface area contributed by atoms with E-state index in [0.29, 0.717) is 0 Å². The van der Waals surface area contributed by atoms with E-state index in [0.717, 1.165) is 41.4 Å². The monoisotopic (exact) mass is 599 g/mol. The van der Waals surface area contributed by atoms with Crippen LogP contribution in [0.15, 0.2) is 54.9 Å². The smallest absolute Gasteiger partial charge is 0.0563 e. The summed E-state index contributed by atoms with van der Waals surface area (Å²) >= 11 is 10.7. The lowest BCUT2D eigenvalue weighted by atomic mass is 9.99. The van der Waals surface area contributed by atoms with E-state index in [1.54, 1.807) is 0 Å². The minimum Gasteiger partial charge on any atom is -0.353 e. The van der Waals surface area contributed by atoms with Crippen LogP contribution in [0.1, 0.15) is 32.3 Å². The zero-order valence-corrected chi connectivity index (χ0v) is 20.8. The molecule has 0 atom stereocenters. The fourth-order valence-corrected chi connectivity index (χ4v) is 5.60. The summed E-state index contributed by atoms with van der Waals surface area (Å²) in [7, 11) is 0. The SMILES string of the molecule is CCCc1cccc(-c2cn(CCC)cc(-c3cc(I)cc(I)c3)c2=S)c1. The Hall–Kier alpha value is -0.730. The standard InChI is InChI=1S/C23H23I2NS/c1-3-6-16-7-5-8-17(10-16)21-14-26(9-4-2)15-22(23(21)27)18-11-19(24)13-20(25)12-18/h5,7-8,10-15H,3-4,6,9H2,1-2H3. The molecule has 0 aliphatic rings. The Bertz CT molecular complexity index is 987. The first-order chi connectivity index (χ1) is 13.0. The first kappa shape index (κ1) is 21.0. The van der Waals surface area contributed by atoms with Gasteiger partial charge in [-0.25, -0.2) is 0 Å². The van der Waals surface area contributed by atoms with E-state index in [1.165, 1.54) is 23.8 Å². The first-order valence-electron chi connectivity index (χ1n) is 9.31. The maximum Gasteiger partial charge on any atom is 0.0563 e. The molecule has 0 saturated carbocycles. The quantitative estimate of drug-likeness (QED) is 0.205. The lowest BCUT2D eigenvalue weighted by Gasteiger charge is -2.15. The van der Waals surface area contributed by atoms with Gasteiger partial charge in [0.1, 0.15) is 0 Å². The van der Waals surface area contributed by atoms with Gasteiger partial charge in [0.25, 0.3) is 0 Å². The average molecular weight is 599 g/mol. The fraction of sp³-hybridized carbons (Fsp3) is 0.261. The number of rotatable bonds is 6. The van der Waals surface area contributed by atoms with Crippen molar-refractivity contribution in [1.82, 2.24) is 4.57 Å². The van der Waals surface area contributed by atoms with E-state index >= 15 is 0 Å². The minimum atomic E-state index is 0.939. The second kappa shape index (κ2) is 9.65. The predicted molar refractivity (Wildman–Crippen MR) is 136 cm³/mol. The molecule has 2 aromatic carbocycles. The van der Waals surface area contributed by atoms with Crippen LogP contribution < -0.4 is 0 Å². The zero-order valence-electron chi connectivity index (χ0n) is 15.6. The number of aryl methyl sites for hydroxylation is 2. The second-order valence-electron chi connectivity index (χ2n) is 6.76. The number of pyridine rings is 1. The molecule has 0 amide bonds. The maximum atomic E-state index is 5.98. The molecule has 140 valence electrons. The molecule has 0 saturated heterocycles. The third-order valence-corrected chi connectivity index (χ3v) is 6.20. The van der Waals surface area contributed by atoms with E-state index in [4.69, 9.17) is 12.2 Å². The molecule has 4 heteroatoms. The second-order valence-corrected chi connectivity index (χ2v) is 9.66. The molecule has 3 rings (SSSR count). The van der Waals surface area contributed by atoms with Gasteiger partial charge in [-0.05, 0) is 92.9 Å². The Balaban J connectivity index is 2.21. The summed E-state index contributed by atoms with van der Waals surface area (Å²) in [6, 6.07) is 15.5. The number of halogens is 2. The van der Waals surface area contributed by atoms with Crippen molar-refractivity contribution in [2.24, 2.45) is 0 Å². The lowest BCUT2D eigenvalue weighted by molar-refractivity contribution is 0.676. The van der Waals surface area contributed by atoms with Gasteiger partial charge in [0.05, 0.1) is 4.51 Å². The van der Waals surface area contributed by atoms with Crippen molar-refractivity contribution in [3.63, 3.8) is 0 Å². The molecule has 0 aliphatic heterocycles. The average Bonchev–Trinajstić information content (AvgIpc) is 2.63. The van der Waals surface area contributed by atoms with Gasteiger partial charge in [0.15, 0.2) is 0 Å². The molecular formula is C23H23I2NS. The van der Waals surface area contributed by atoms with Crippen LogP contribution in [0.4, 0.5) is 0 Å². The Morgan fingerprint density at radius 2 is 1.52 bits per heavy atom. The number of hydrogen-bond acceptors (Lipinski definition) is 1. The van der Waals surface area contributed by atoms with Gasteiger partial charge in [-0.3, -0.25) is 0 Å². The van der Waals surface area contributed by atoms with Crippen molar-refractivity contribution >= 4 is 57.4 Å². The zero-order chi connectivity index (χ0) is 19.4. The van der Waals surface area contributed by atoms with Crippen LogP contribution in [-0.4, -0.2) is 4.57 Å². The van der Waals surface area contributed by atoms with Crippen LogP contribution in [0, 0.1) is 11.7 Å². The van der Waals surface area contributed by atoms with Crippen LogP contribution >= 0.6 is 57.4 Å². The molecule has 3 aromatic rings. The van der Waals surface area contributed by atoms with E-state index in [1.807, 2.05) is 0 Å². The molecule has 1 heterocycles. The van der Waals surface area contributed by atoms with Gasteiger partial charge >= 0.3 is 0 Å². The number of benzene rings is 2. The topological polar surface area (TPSA) is 4.93 Å². The molecule has 0 aliphatic carbocycles. The van der Waals surface area contributed by atoms with Gasteiger partial charge in [-0.1, -0.05) is 56.8 Å². The first-order valence-corrected chi connectivity index (χ1v) is 11.9. The third-order valence-electron chi connectivity index (χ3n) is 4.51. The Kier molecular flexibility index (Phi) is 7.50. The van der Waals surface area contributed by atoms with Crippen molar-refractivity contribution in [3.05, 3.63) is 72.1 Å². The van der Waals surface area contributed by atoms with Crippen molar-refractivity contribution in [2.45, 2.75) is 39.7 Å². The minimum absolute atomic E-state index is 0.939. The highest BCUT2D eigenvalue weighted by atomic mass is 127. The molecule has 0 spiro atoms. The van der Waals surface area contributed by atoms with E-state index in [9.17, 15) is 0 Å². The third kappa shape index (κ3) is 5.21. The van der Waals surface area contributed by atoms with Crippen LogP contribution in [0.3, 0.4) is 0 Å². The molecule has 0 bridgehead atoms.